The van der Waals surface area contributed by atoms with Gasteiger partial charge in [-0.3, -0.25) is 9.59 Å². The summed E-state index contributed by atoms with van der Waals surface area (Å²) in [5.74, 6) is -0.492. The number of carbonyl (C=O) groups excluding carboxylic acids is 2. The highest BCUT2D eigenvalue weighted by atomic mass is 16.3. The largest absolute Gasteiger partial charge is 0.396 e. The van der Waals surface area contributed by atoms with E-state index in [-0.39, 0.29) is 35.8 Å². The van der Waals surface area contributed by atoms with E-state index in [0.29, 0.717) is 12.1 Å². The van der Waals surface area contributed by atoms with Crippen molar-refractivity contribution in [3.63, 3.8) is 0 Å². The van der Waals surface area contributed by atoms with Gasteiger partial charge in [-0.2, -0.15) is 0 Å². The predicted octanol–water partition coefficient (Wildman–Crippen LogP) is 1.60. The van der Waals surface area contributed by atoms with E-state index in [1.807, 2.05) is 12.1 Å². The minimum Gasteiger partial charge on any atom is -0.396 e. The third kappa shape index (κ3) is 4.79. The van der Waals surface area contributed by atoms with Gasteiger partial charge in [0.15, 0.2) is 0 Å². The van der Waals surface area contributed by atoms with Crippen molar-refractivity contribution in [3.8, 4) is 0 Å². The fourth-order valence-corrected chi connectivity index (χ4v) is 2.30. The van der Waals surface area contributed by atoms with Gasteiger partial charge in [-0.1, -0.05) is 32.9 Å². The molecular formula is C18H26N2O3. The predicted molar refractivity (Wildman–Crippen MR) is 89.2 cm³/mol. The Balaban J connectivity index is 1.79. The average Bonchev–Trinajstić information content (AvgIpc) is 3.30. The zero-order chi connectivity index (χ0) is 17.1. The van der Waals surface area contributed by atoms with Crippen LogP contribution < -0.4 is 10.6 Å². The topological polar surface area (TPSA) is 78.4 Å². The lowest BCUT2D eigenvalue weighted by atomic mass is 9.87. The highest BCUT2D eigenvalue weighted by Crippen LogP contribution is 2.44. The molecule has 1 aromatic rings. The van der Waals surface area contributed by atoms with E-state index in [4.69, 9.17) is 0 Å². The van der Waals surface area contributed by atoms with E-state index in [1.165, 1.54) is 0 Å². The van der Waals surface area contributed by atoms with E-state index in [2.05, 4.69) is 31.4 Å². The second-order valence-corrected chi connectivity index (χ2v) is 7.44. The van der Waals surface area contributed by atoms with Crippen LogP contribution >= 0.6 is 0 Å². The molecule has 0 radical (unpaired) electrons. The van der Waals surface area contributed by atoms with Crippen molar-refractivity contribution < 1.29 is 14.7 Å². The van der Waals surface area contributed by atoms with Gasteiger partial charge >= 0.3 is 0 Å². The summed E-state index contributed by atoms with van der Waals surface area (Å²) in [7, 11) is 0. The molecule has 126 valence electrons. The molecule has 1 aliphatic rings. The first-order valence-corrected chi connectivity index (χ1v) is 8.02. The number of hydrogen-bond donors (Lipinski definition) is 3. The Labute approximate surface area is 137 Å². The SMILES string of the molecule is CC(C)(C)c1ccc(C(=O)NCC(=O)NCC2(CO)CC2)cc1. The molecule has 0 spiro atoms. The van der Waals surface area contributed by atoms with Crippen LogP contribution in [0.3, 0.4) is 0 Å². The second-order valence-electron chi connectivity index (χ2n) is 7.44. The van der Waals surface area contributed by atoms with Gasteiger partial charge in [-0.05, 0) is 36.0 Å². The van der Waals surface area contributed by atoms with Gasteiger partial charge in [0.05, 0.1) is 13.2 Å². The number of aliphatic hydroxyl groups excluding tert-OH is 1. The molecule has 2 rings (SSSR count). The molecular weight excluding hydrogens is 292 g/mol. The molecule has 1 aromatic carbocycles. The third-order valence-corrected chi connectivity index (χ3v) is 4.38. The molecule has 23 heavy (non-hydrogen) atoms. The van der Waals surface area contributed by atoms with Crippen molar-refractivity contribution in [2.45, 2.75) is 39.0 Å². The van der Waals surface area contributed by atoms with Gasteiger partial charge in [0.25, 0.3) is 5.91 Å². The standard InChI is InChI=1S/C18H26N2O3/c1-17(2,3)14-6-4-13(5-7-14)16(23)19-10-15(22)20-11-18(12-21)8-9-18/h4-7,21H,8-12H2,1-3H3,(H,19,23)(H,20,22). The van der Waals surface area contributed by atoms with Crippen LogP contribution in [0.5, 0.6) is 0 Å². The lowest BCUT2D eigenvalue weighted by Gasteiger charge is -2.19. The summed E-state index contributed by atoms with van der Waals surface area (Å²) in [6.45, 7) is 6.86. The van der Waals surface area contributed by atoms with E-state index in [9.17, 15) is 14.7 Å². The molecule has 0 aromatic heterocycles. The summed E-state index contributed by atoms with van der Waals surface area (Å²) in [6, 6.07) is 7.43. The van der Waals surface area contributed by atoms with Crippen LogP contribution in [0.2, 0.25) is 0 Å². The average molecular weight is 318 g/mol. The van der Waals surface area contributed by atoms with Crippen LogP contribution in [-0.4, -0.2) is 36.6 Å². The Hall–Kier alpha value is -1.88. The Morgan fingerprint density at radius 1 is 1.13 bits per heavy atom. The summed E-state index contributed by atoms with van der Waals surface area (Å²) >= 11 is 0. The van der Waals surface area contributed by atoms with Gasteiger partial charge in [-0.25, -0.2) is 0 Å². The van der Waals surface area contributed by atoms with Gasteiger partial charge < -0.3 is 15.7 Å². The van der Waals surface area contributed by atoms with Gasteiger partial charge in [0.1, 0.15) is 0 Å². The molecule has 2 amide bonds. The van der Waals surface area contributed by atoms with E-state index in [1.54, 1.807) is 12.1 Å². The smallest absolute Gasteiger partial charge is 0.251 e. The minimum atomic E-state index is -0.260. The van der Waals surface area contributed by atoms with Crippen LogP contribution in [0.1, 0.15) is 49.5 Å². The molecule has 0 aliphatic heterocycles. The second kappa shape index (κ2) is 6.71. The highest BCUT2D eigenvalue weighted by Gasteiger charge is 2.41. The Morgan fingerprint density at radius 2 is 1.74 bits per heavy atom. The lowest BCUT2D eigenvalue weighted by Crippen LogP contribution is -2.39. The van der Waals surface area contributed by atoms with Gasteiger partial charge in [0, 0.05) is 17.5 Å². The van der Waals surface area contributed by atoms with Crippen LogP contribution in [0.25, 0.3) is 0 Å². The molecule has 0 unspecified atom stereocenters. The van der Waals surface area contributed by atoms with Crippen molar-refractivity contribution in [1.29, 1.82) is 0 Å². The molecule has 0 heterocycles. The maximum atomic E-state index is 12.0. The van der Waals surface area contributed by atoms with E-state index >= 15 is 0 Å². The third-order valence-electron chi connectivity index (χ3n) is 4.38. The fraction of sp³-hybridized carbons (Fsp3) is 0.556. The summed E-state index contributed by atoms with van der Waals surface area (Å²) in [5, 5.41) is 14.6. The van der Waals surface area contributed by atoms with E-state index < -0.39 is 0 Å². The fourth-order valence-electron chi connectivity index (χ4n) is 2.30. The molecule has 0 saturated heterocycles. The van der Waals surface area contributed by atoms with Crippen LogP contribution in [-0.2, 0) is 10.2 Å². The van der Waals surface area contributed by atoms with E-state index in [0.717, 1.165) is 18.4 Å². The highest BCUT2D eigenvalue weighted by molar-refractivity contribution is 5.96. The van der Waals surface area contributed by atoms with Crippen molar-refractivity contribution in [2.75, 3.05) is 19.7 Å². The normalized spacial score (nSPS) is 15.8. The Morgan fingerprint density at radius 3 is 2.22 bits per heavy atom. The molecule has 0 atom stereocenters. The van der Waals surface area contributed by atoms with Crippen molar-refractivity contribution in [3.05, 3.63) is 35.4 Å². The number of amides is 2. The zero-order valence-corrected chi connectivity index (χ0v) is 14.1. The van der Waals surface area contributed by atoms with Crippen molar-refractivity contribution in [2.24, 2.45) is 5.41 Å². The van der Waals surface area contributed by atoms with Gasteiger partial charge in [0.2, 0.25) is 5.91 Å². The first kappa shape index (κ1) is 17.5. The Kier molecular flexibility index (Phi) is 5.09. The number of aliphatic hydroxyl groups is 1. The molecule has 1 fully saturated rings. The first-order chi connectivity index (χ1) is 10.8. The van der Waals surface area contributed by atoms with Crippen LogP contribution in [0.15, 0.2) is 24.3 Å². The summed E-state index contributed by atoms with van der Waals surface area (Å²) in [6.07, 6.45) is 1.88. The monoisotopic (exact) mass is 318 g/mol. The van der Waals surface area contributed by atoms with Gasteiger partial charge in [-0.15, -0.1) is 0 Å². The lowest BCUT2D eigenvalue weighted by molar-refractivity contribution is -0.120. The maximum Gasteiger partial charge on any atom is 0.251 e. The summed E-state index contributed by atoms with van der Waals surface area (Å²) in [5.41, 5.74) is 1.62. The number of hydrogen-bond acceptors (Lipinski definition) is 3. The minimum absolute atomic E-state index is 0.0420. The molecule has 5 nitrogen and oxygen atoms in total. The number of benzene rings is 1. The Bertz CT molecular complexity index is 569. The number of rotatable bonds is 6. The first-order valence-electron chi connectivity index (χ1n) is 8.02. The molecule has 3 N–H and O–H groups in total. The molecule has 1 aliphatic carbocycles. The number of carbonyl (C=O) groups is 2. The molecule has 5 heteroatoms. The maximum absolute atomic E-state index is 12.0. The number of nitrogens with one attached hydrogen (secondary N) is 2. The molecule has 1 saturated carbocycles. The van der Waals surface area contributed by atoms with Crippen molar-refractivity contribution >= 4 is 11.8 Å². The summed E-state index contributed by atoms with van der Waals surface area (Å²) < 4.78 is 0. The van der Waals surface area contributed by atoms with Crippen LogP contribution in [0, 0.1) is 5.41 Å². The van der Waals surface area contributed by atoms with Crippen LogP contribution in [0.4, 0.5) is 0 Å². The molecule has 0 bridgehead atoms. The zero-order valence-electron chi connectivity index (χ0n) is 14.1. The van der Waals surface area contributed by atoms with Crippen molar-refractivity contribution in [1.82, 2.24) is 10.6 Å². The summed E-state index contributed by atoms with van der Waals surface area (Å²) in [4.78, 5) is 23.8. The quantitative estimate of drug-likeness (QED) is 0.745.